The third kappa shape index (κ3) is 1.67. The van der Waals surface area contributed by atoms with Gasteiger partial charge in [0.25, 0.3) is 0 Å². The Hall–Kier alpha value is -1.22. The molecule has 0 saturated carbocycles. The summed E-state index contributed by atoms with van der Waals surface area (Å²) < 4.78 is 10.7. The number of rotatable bonds is 3. The van der Waals surface area contributed by atoms with Gasteiger partial charge in [-0.05, 0) is 6.07 Å². The first-order valence-corrected chi connectivity index (χ1v) is 5.10. The van der Waals surface area contributed by atoms with Crippen LogP contribution in [0.1, 0.15) is 11.1 Å². The van der Waals surface area contributed by atoms with Gasteiger partial charge in [-0.3, -0.25) is 0 Å². The number of methoxy groups -OCH3 is 1. The summed E-state index contributed by atoms with van der Waals surface area (Å²) in [5.41, 5.74) is 1.75. The predicted molar refractivity (Wildman–Crippen MR) is 57.0 cm³/mol. The third-order valence-electron chi connectivity index (χ3n) is 2.47. The maximum atomic E-state index is 10.5. The molecule has 3 nitrogen and oxygen atoms in total. The first-order chi connectivity index (χ1) is 7.27. The van der Waals surface area contributed by atoms with Gasteiger partial charge < -0.3 is 14.3 Å². The van der Waals surface area contributed by atoms with E-state index in [1.54, 1.807) is 13.2 Å². The monoisotopic (exact) mass is 226 g/mol. The molecule has 1 heterocycles. The zero-order chi connectivity index (χ0) is 10.8. The van der Waals surface area contributed by atoms with Crippen LogP contribution in [-0.2, 0) is 17.6 Å². The molecule has 1 aromatic rings. The smallest absolute Gasteiger partial charge is 0.166 e. The number of aldehydes is 1. The summed E-state index contributed by atoms with van der Waals surface area (Å²) in [6.07, 6.45) is 1.92. The molecule has 0 atom stereocenters. The van der Waals surface area contributed by atoms with Crippen molar-refractivity contribution in [3.05, 3.63) is 22.2 Å². The van der Waals surface area contributed by atoms with Gasteiger partial charge in [0.15, 0.2) is 11.5 Å². The molecule has 0 spiro atoms. The molecule has 80 valence electrons. The van der Waals surface area contributed by atoms with Crippen LogP contribution in [0.4, 0.5) is 0 Å². The summed E-state index contributed by atoms with van der Waals surface area (Å²) in [6, 6.07) is 1.78. The van der Waals surface area contributed by atoms with Crippen LogP contribution in [0.2, 0.25) is 5.02 Å². The van der Waals surface area contributed by atoms with Crippen molar-refractivity contribution in [1.82, 2.24) is 0 Å². The molecule has 0 radical (unpaired) electrons. The van der Waals surface area contributed by atoms with Crippen molar-refractivity contribution in [3.63, 3.8) is 0 Å². The number of halogens is 1. The first kappa shape index (κ1) is 10.3. The summed E-state index contributed by atoms with van der Waals surface area (Å²) >= 11 is 6.09. The van der Waals surface area contributed by atoms with Crippen molar-refractivity contribution in [2.24, 2.45) is 0 Å². The van der Waals surface area contributed by atoms with Gasteiger partial charge in [-0.15, -0.1) is 0 Å². The molecule has 0 saturated heterocycles. The summed E-state index contributed by atoms with van der Waals surface area (Å²) in [5, 5.41) is 0.653. The Morgan fingerprint density at radius 1 is 1.67 bits per heavy atom. The average molecular weight is 227 g/mol. The van der Waals surface area contributed by atoms with Gasteiger partial charge >= 0.3 is 0 Å². The van der Waals surface area contributed by atoms with Crippen LogP contribution in [0.25, 0.3) is 0 Å². The zero-order valence-electron chi connectivity index (χ0n) is 8.38. The molecule has 1 aliphatic rings. The van der Waals surface area contributed by atoms with E-state index in [0.717, 1.165) is 23.8 Å². The summed E-state index contributed by atoms with van der Waals surface area (Å²) in [6.45, 7) is 0.621. The highest BCUT2D eigenvalue weighted by atomic mass is 35.5. The van der Waals surface area contributed by atoms with Gasteiger partial charge in [-0.1, -0.05) is 11.6 Å². The fourth-order valence-electron chi connectivity index (χ4n) is 1.80. The van der Waals surface area contributed by atoms with Gasteiger partial charge in [0.05, 0.1) is 13.7 Å². The zero-order valence-corrected chi connectivity index (χ0v) is 9.13. The highest BCUT2D eigenvalue weighted by molar-refractivity contribution is 6.31. The van der Waals surface area contributed by atoms with Crippen molar-refractivity contribution in [3.8, 4) is 11.5 Å². The molecule has 0 bridgehead atoms. The summed E-state index contributed by atoms with van der Waals surface area (Å²) in [5.74, 6) is 1.33. The summed E-state index contributed by atoms with van der Waals surface area (Å²) in [7, 11) is 1.57. The lowest BCUT2D eigenvalue weighted by Crippen LogP contribution is -1.97. The molecule has 4 heteroatoms. The van der Waals surface area contributed by atoms with E-state index in [0.29, 0.717) is 29.5 Å². The van der Waals surface area contributed by atoms with Gasteiger partial charge in [-0.2, -0.15) is 0 Å². The van der Waals surface area contributed by atoms with E-state index in [1.165, 1.54) is 0 Å². The number of carbonyl (C=O) groups excluding carboxylic acids is 1. The lowest BCUT2D eigenvalue weighted by molar-refractivity contribution is -0.107. The second-order valence-corrected chi connectivity index (χ2v) is 3.73. The second kappa shape index (κ2) is 4.11. The minimum absolute atomic E-state index is 0.291. The molecule has 1 aromatic carbocycles. The highest BCUT2D eigenvalue weighted by Crippen LogP contribution is 2.42. The SMILES string of the molecule is COc1c(CC=O)cc(Cl)c2c1OCC2. The van der Waals surface area contributed by atoms with Crippen molar-refractivity contribution in [1.29, 1.82) is 0 Å². The number of ether oxygens (including phenoxy) is 2. The lowest BCUT2D eigenvalue weighted by atomic mass is 10.1. The maximum absolute atomic E-state index is 10.5. The Labute approximate surface area is 92.9 Å². The largest absolute Gasteiger partial charge is 0.493 e. The minimum Gasteiger partial charge on any atom is -0.493 e. The number of hydrogen-bond acceptors (Lipinski definition) is 3. The number of carbonyl (C=O) groups is 1. The molecule has 0 amide bonds. The fourth-order valence-corrected chi connectivity index (χ4v) is 2.11. The van der Waals surface area contributed by atoms with Crippen LogP contribution < -0.4 is 9.47 Å². The van der Waals surface area contributed by atoms with E-state index < -0.39 is 0 Å². The number of benzene rings is 1. The third-order valence-corrected chi connectivity index (χ3v) is 2.80. The van der Waals surface area contributed by atoms with E-state index >= 15 is 0 Å². The lowest BCUT2D eigenvalue weighted by Gasteiger charge is -2.12. The maximum Gasteiger partial charge on any atom is 0.166 e. The number of fused-ring (bicyclic) bond motifs is 1. The van der Waals surface area contributed by atoms with Crippen LogP contribution >= 0.6 is 11.6 Å². The molecular formula is C11H11ClO3. The van der Waals surface area contributed by atoms with Crippen LogP contribution in [0, 0.1) is 0 Å². The molecule has 0 fully saturated rings. The van der Waals surface area contributed by atoms with Crippen LogP contribution in [0.5, 0.6) is 11.5 Å². The van der Waals surface area contributed by atoms with Gasteiger partial charge in [0.1, 0.15) is 6.29 Å². The van der Waals surface area contributed by atoms with Gasteiger partial charge in [0, 0.05) is 29.0 Å². The average Bonchev–Trinajstić information content (AvgIpc) is 2.68. The molecule has 0 unspecified atom stereocenters. The summed E-state index contributed by atoms with van der Waals surface area (Å²) in [4.78, 5) is 10.5. The molecule has 0 N–H and O–H groups in total. The first-order valence-electron chi connectivity index (χ1n) is 4.72. The van der Waals surface area contributed by atoms with Crippen molar-refractivity contribution in [2.45, 2.75) is 12.8 Å². The second-order valence-electron chi connectivity index (χ2n) is 3.33. The Kier molecular flexibility index (Phi) is 2.82. The van der Waals surface area contributed by atoms with E-state index in [9.17, 15) is 4.79 Å². The van der Waals surface area contributed by atoms with E-state index in [2.05, 4.69) is 0 Å². The molecule has 2 rings (SSSR count). The standard InChI is InChI=1S/C11H11ClO3/c1-14-10-7(2-4-13)6-9(12)8-3-5-15-11(8)10/h4,6H,2-3,5H2,1H3. The predicted octanol–water partition coefficient (Wildman–Crippen LogP) is 2.02. The molecular weight excluding hydrogens is 216 g/mol. The Morgan fingerprint density at radius 3 is 3.13 bits per heavy atom. The molecule has 1 aliphatic heterocycles. The van der Waals surface area contributed by atoms with Crippen molar-refractivity contribution < 1.29 is 14.3 Å². The Bertz CT molecular complexity index is 401. The topological polar surface area (TPSA) is 35.5 Å². The van der Waals surface area contributed by atoms with Crippen LogP contribution in [0.15, 0.2) is 6.07 Å². The highest BCUT2D eigenvalue weighted by Gasteiger charge is 2.23. The van der Waals surface area contributed by atoms with Crippen molar-refractivity contribution >= 4 is 17.9 Å². The minimum atomic E-state index is 0.291. The van der Waals surface area contributed by atoms with Crippen LogP contribution in [-0.4, -0.2) is 20.0 Å². The van der Waals surface area contributed by atoms with Crippen LogP contribution in [0.3, 0.4) is 0 Å². The van der Waals surface area contributed by atoms with E-state index in [1.807, 2.05) is 0 Å². The molecule has 0 aliphatic carbocycles. The van der Waals surface area contributed by atoms with Gasteiger partial charge in [-0.25, -0.2) is 0 Å². The number of hydrogen-bond donors (Lipinski definition) is 0. The van der Waals surface area contributed by atoms with E-state index in [4.69, 9.17) is 21.1 Å². The molecule has 15 heavy (non-hydrogen) atoms. The Balaban J connectivity index is 2.57. The fraction of sp³-hybridized carbons (Fsp3) is 0.364. The Morgan fingerprint density at radius 2 is 2.47 bits per heavy atom. The van der Waals surface area contributed by atoms with Gasteiger partial charge in [0.2, 0.25) is 0 Å². The molecule has 0 aromatic heterocycles. The normalized spacial score (nSPS) is 13.2. The van der Waals surface area contributed by atoms with Crippen molar-refractivity contribution in [2.75, 3.05) is 13.7 Å². The quantitative estimate of drug-likeness (QED) is 0.740. The van der Waals surface area contributed by atoms with E-state index in [-0.39, 0.29) is 0 Å².